The summed E-state index contributed by atoms with van der Waals surface area (Å²) >= 11 is 1.39. The zero-order valence-corrected chi connectivity index (χ0v) is 16.5. The number of aromatic nitrogens is 4. The topological polar surface area (TPSA) is 63.9 Å². The molecule has 0 fully saturated rings. The lowest BCUT2D eigenvalue weighted by atomic mass is 10.0. The van der Waals surface area contributed by atoms with Crippen LogP contribution in [0.15, 0.2) is 35.5 Å². The minimum atomic E-state index is -0.253. The number of benzene rings is 1. The van der Waals surface area contributed by atoms with E-state index < -0.39 is 0 Å². The number of carbonyl (C=O) groups excluding carboxylic acids is 1. The minimum absolute atomic E-state index is 0.0838. The number of rotatable bonds is 7. The van der Waals surface area contributed by atoms with Gasteiger partial charge in [0.2, 0.25) is 11.1 Å². The van der Waals surface area contributed by atoms with E-state index in [0.29, 0.717) is 23.4 Å². The molecule has 0 saturated carbocycles. The van der Waals surface area contributed by atoms with Crippen molar-refractivity contribution >= 4 is 17.7 Å². The van der Waals surface area contributed by atoms with Crippen LogP contribution in [-0.4, -0.2) is 42.3 Å². The fraction of sp³-hybridized carbons (Fsp3) is 0.556. The molecule has 1 aromatic carbocycles. The van der Waals surface area contributed by atoms with E-state index in [2.05, 4.69) is 50.1 Å². The molecule has 0 N–H and O–H groups in total. The molecule has 0 bridgehead atoms. The summed E-state index contributed by atoms with van der Waals surface area (Å²) in [6.45, 7) is 11.7. The summed E-state index contributed by atoms with van der Waals surface area (Å²) in [6, 6.07) is 10.1. The first-order valence-electron chi connectivity index (χ1n) is 8.50. The zero-order chi connectivity index (χ0) is 18.4. The Morgan fingerprint density at radius 2 is 1.92 bits per heavy atom. The van der Waals surface area contributed by atoms with Crippen LogP contribution >= 0.6 is 11.8 Å². The van der Waals surface area contributed by atoms with Crippen LogP contribution in [-0.2, 0) is 17.9 Å². The highest BCUT2D eigenvalue weighted by Crippen LogP contribution is 2.21. The van der Waals surface area contributed by atoms with Gasteiger partial charge in [-0.1, -0.05) is 55.9 Å². The minimum Gasteiger partial charge on any atom is -0.333 e. The van der Waals surface area contributed by atoms with E-state index in [1.54, 1.807) is 4.68 Å². The third kappa shape index (κ3) is 5.85. The highest BCUT2D eigenvalue weighted by atomic mass is 32.2. The van der Waals surface area contributed by atoms with Crippen LogP contribution in [0.25, 0.3) is 0 Å². The van der Waals surface area contributed by atoms with E-state index in [-0.39, 0.29) is 11.4 Å². The quantitative estimate of drug-likeness (QED) is 0.708. The van der Waals surface area contributed by atoms with Crippen molar-refractivity contribution in [1.29, 1.82) is 0 Å². The molecular weight excluding hydrogens is 334 g/mol. The van der Waals surface area contributed by atoms with Crippen molar-refractivity contribution in [2.24, 2.45) is 5.92 Å². The molecule has 6 nitrogen and oxygen atoms in total. The molecule has 0 atom stereocenters. The Kier molecular flexibility index (Phi) is 6.58. The smallest absolute Gasteiger partial charge is 0.233 e. The summed E-state index contributed by atoms with van der Waals surface area (Å²) in [5.74, 6) is 0.853. The second-order valence-corrected chi connectivity index (χ2v) is 8.40. The van der Waals surface area contributed by atoms with Crippen molar-refractivity contribution in [1.82, 2.24) is 25.1 Å². The Balaban J connectivity index is 2.04. The predicted octanol–water partition coefficient (Wildman–Crippen LogP) is 3.25. The van der Waals surface area contributed by atoms with Crippen LogP contribution in [0.2, 0.25) is 0 Å². The van der Waals surface area contributed by atoms with Crippen molar-refractivity contribution in [2.45, 2.75) is 58.4 Å². The Bertz CT molecular complexity index is 678. The van der Waals surface area contributed by atoms with Gasteiger partial charge in [0.25, 0.3) is 0 Å². The van der Waals surface area contributed by atoms with Gasteiger partial charge in [-0.15, -0.1) is 5.10 Å². The molecule has 1 aromatic heterocycles. The molecule has 0 aliphatic heterocycles. The van der Waals surface area contributed by atoms with Gasteiger partial charge in [-0.3, -0.25) is 4.79 Å². The molecule has 0 unspecified atom stereocenters. The maximum Gasteiger partial charge on any atom is 0.233 e. The maximum atomic E-state index is 12.9. The van der Waals surface area contributed by atoms with Crippen LogP contribution in [0.4, 0.5) is 0 Å². The lowest BCUT2D eigenvalue weighted by Crippen LogP contribution is -2.45. The highest BCUT2D eigenvalue weighted by molar-refractivity contribution is 7.99. The lowest BCUT2D eigenvalue weighted by Gasteiger charge is -2.36. The maximum absolute atomic E-state index is 12.9. The molecule has 25 heavy (non-hydrogen) atoms. The van der Waals surface area contributed by atoms with Crippen molar-refractivity contribution in [3.05, 3.63) is 35.9 Å². The summed E-state index contributed by atoms with van der Waals surface area (Å²) in [6.07, 6.45) is 0. The summed E-state index contributed by atoms with van der Waals surface area (Å²) in [5, 5.41) is 12.5. The van der Waals surface area contributed by atoms with Gasteiger partial charge in [-0.05, 0) is 42.7 Å². The first kappa shape index (κ1) is 19.4. The Morgan fingerprint density at radius 1 is 1.24 bits per heavy atom. The van der Waals surface area contributed by atoms with Gasteiger partial charge in [0.05, 0.1) is 5.75 Å². The Morgan fingerprint density at radius 3 is 2.52 bits per heavy atom. The third-order valence-electron chi connectivity index (χ3n) is 3.66. The van der Waals surface area contributed by atoms with Crippen molar-refractivity contribution < 1.29 is 4.79 Å². The standard InChI is InChI=1S/C18H27N5OS/c1-14(2)11-23-17(19-20-21-23)25-13-16(24)22(18(3,4)5)12-15-9-7-6-8-10-15/h6-10,14H,11-13H2,1-5H3. The average molecular weight is 362 g/mol. The largest absolute Gasteiger partial charge is 0.333 e. The lowest BCUT2D eigenvalue weighted by molar-refractivity contribution is -0.133. The van der Waals surface area contributed by atoms with E-state index in [1.807, 2.05) is 35.2 Å². The fourth-order valence-corrected chi connectivity index (χ4v) is 3.19. The SMILES string of the molecule is CC(C)Cn1nnnc1SCC(=O)N(Cc1ccccc1)C(C)(C)C. The Hall–Kier alpha value is -1.89. The summed E-state index contributed by atoms with van der Waals surface area (Å²) < 4.78 is 1.77. The zero-order valence-electron chi connectivity index (χ0n) is 15.6. The molecule has 1 heterocycles. The van der Waals surface area contributed by atoms with E-state index in [1.165, 1.54) is 11.8 Å². The van der Waals surface area contributed by atoms with E-state index >= 15 is 0 Å². The van der Waals surface area contributed by atoms with Crippen LogP contribution in [0.1, 0.15) is 40.2 Å². The summed E-state index contributed by atoms with van der Waals surface area (Å²) in [7, 11) is 0. The number of amides is 1. The Labute approximate surface area is 154 Å². The van der Waals surface area contributed by atoms with Crippen LogP contribution in [0.3, 0.4) is 0 Å². The van der Waals surface area contributed by atoms with E-state index in [9.17, 15) is 4.79 Å². The normalized spacial score (nSPS) is 11.8. The van der Waals surface area contributed by atoms with Gasteiger partial charge in [0.1, 0.15) is 0 Å². The number of hydrogen-bond donors (Lipinski definition) is 0. The van der Waals surface area contributed by atoms with Crippen molar-refractivity contribution in [3.8, 4) is 0 Å². The van der Waals surface area contributed by atoms with Gasteiger partial charge < -0.3 is 4.90 Å². The van der Waals surface area contributed by atoms with Crippen molar-refractivity contribution in [2.75, 3.05) is 5.75 Å². The van der Waals surface area contributed by atoms with E-state index in [4.69, 9.17) is 0 Å². The average Bonchev–Trinajstić information content (AvgIpc) is 2.96. The summed E-state index contributed by atoms with van der Waals surface area (Å²) in [5.41, 5.74) is 0.873. The summed E-state index contributed by atoms with van der Waals surface area (Å²) in [4.78, 5) is 14.8. The van der Waals surface area contributed by atoms with Gasteiger partial charge in [-0.25, -0.2) is 4.68 Å². The van der Waals surface area contributed by atoms with Gasteiger partial charge in [-0.2, -0.15) is 0 Å². The fourth-order valence-electron chi connectivity index (χ4n) is 2.43. The molecule has 1 amide bonds. The molecule has 2 aromatic rings. The van der Waals surface area contributed by atoms with Gasteiger partial charge >= 0.3 is 0 Å². The molecule has 0 radical (unpaired) electrons. The molecule has 0 aliphatic rings. The van der Waals surface area contributed by atoms with E-state index in [0.717, 1.165) is 12.1 Å². The molecule has 136 valence electrons. The number of hydrogen-bond acceptors (Lipinski definition) is 5. The molecule has 0 aliphatic carbocycles. The molecule has 0 spiro atoms. The number of nitrogens with zero attached hydrogens (tertiary/aromatic N) is 5. The number of thioether (sulfide) groups is 1. The van der Waals surface area contributed by atoms with Crippen LogP contribution in [0, 0.1) is 5.92 Å². The molecule has 0 saturated heterocycles. The molecule has 2 rings (SSSR count). The second-order valence-electron chi connectivity index (χ2n) is 7.46. The predicted molar refractivity (Wildman–Crippen MR) is 100 cm³/mol. The third-order valence-corrected chi connectivity index (χ3v) is 4.60. The second kappa shape index (κ2) is 8.47. The highest BCUT2D eigenvalue weighted by Gasteiger charge is 2.27. The van der Waals surface area contributed by atoms with Gasteiger partial charge in [0, 0.05) is 18.6 Å². The van der Waals surface area contributed by atoms with Gasteiger partial charge in [0.15, 0.2) is 0 Å². The van der Waals surface area contributed by atoms with Crippen LogP contribution in [0.5, 0.6) is 0 Å². The monoisotopic (exact) mass is 361 g/mol. The van der Waals surface area contributed by atoms with Crippen molar-refractivity contribution in [3.63, 3.8) is 0 Å². The number of carbonyl (C=O) groups is 1. The first-order chi connectivity index (χ1) is 11.8. The van der Waals surface area contributed by atoms with Crippen LogP contribution < -0.4 is 0 Å². The molecule has 7 heteroatoms. The molecular formula is C18H27N5OS. The first-order valence-corrected chi connectivity index (χ1v) is 9.49. The number of tetrazole rings is 1.